The third-order valence-corrected chi connectivity index (χ3v) is 3.97. The number of nitrogens with one attached hydrogen (secondary N) is 1. The predicted molar refractivity (Wildman–Crippen MR) is 68.5 cm³/mol. The highest BCUT2D eigenvalue weighted by Gasteiger charge is 2.32. The summed E-state index contributed by atoms with van der Waals surface area (Å²) in [5, 5.41) is 3.58. The molecule has 16 heavy (non-hydrogen) atoms. The number of rotatable bonds is 2. The fraction of sp³-hybridized carbons (Fsp3) is 1.00. The van der Waals surface area contributed by atoms with Crippen molar-refractivity contribution in [3.63, 3.8) is 0 Å². The van der Waals surface area contributed by atoms with Crippen molar-refractivity contribution in [3.8, 4) is 0 Å². The molecule has 2 aliphatic heterocycles. The van der Waals surface area contributed by atoms with Crippen LogP contribution in [0.1, 0.15) is 40.0 Å². The van der Waals surface area contributed by atoms with Crippen LogP contribution in [-0.4, -0.2) is 54.2 Å². The summed E-state index contributed by atoms with van der Waals surface area (Å²) in [6, 6.07) is 1.34. The van der Waals surface area contributed by atoms with E-state index >= 15 is 0 Å². The van der Waals surface area contributed by atoms with E-state index in [9.17, 15) is 0 Å². The minimum absolute atomic E-state index is 0.650. The Kier molecular flexibility index (Phi) is 4.22. The van der Waals surface area contributed by atoms with Gasteiger partial charge in [0.05, 0.1) is 6.17 Å². The molecule has 2 heterocycles. The van der Waals surface area contributed by atoms with Crippen molar-refractivity contribution >= 4 is 0 Å². The third kappa shape index (κ3) is 2.76. The summed E-state index contributed by atoms with van der Waals surface area (Å²) in [5.74, 6) is 0. The summed E-state index contributed by atoms with van der Waals surface area (Å²) in [6.45, 7) is 11.9. The van der Waals surface area contributed by atoms with Crippen molar-refractivity contribution in [1.82, 2.24) is 15.1 Å². The lowest BCUT2D eigenvalue weighted by molar-refractivity contribution is 0.0536. The number of hydrogen-bond acceptors (Lipinski definition) is 3. The highest BCUT2D eigenvalue weighted by atomic mass is 15.4. The monoisotopic (exact) mass is 225 g/mol. The second-order valence-electron chi connectivity index (χ2n) is 5.66. The molecule has 2 fully saturated rings. The third-order valence-electron chi connectivity index (χ3n) is 3.97. The van der Waals surface area contributed by atoms with E-state index in [1.54, 1.807) is 0 Å². The molecule has 2 atom stereocenters. The maximum absolute atomic E-state index is 3.58. The second-order valence-corrected chi connectivity index (χ2v) is 5.66. The van der Waals surface area contributed by atoms with Crippen molar-refractivity contribution in [3.05, 3.63) is 0 Å². The van der Waals surface area contributed by atoms with Gasteiger partial charge in [0.15, 0.2) is 0 Å². The molecule has 94 valence electrons. The van der Waals surface area contributed by atoms with Crippen LogP contribution in [0, 0.1) is 0 Å². The molecule has 0 bridgehead atoms. The van der Waals surface area contributed by atoms with E-state index in [1.165, 1.54) is 45.4 Å². The fourth-order valence-electron chi connectivity index (χ4n) is 3.17. The molecular weight excluding hydrogens is 198 g/mol. The van der Waals surface area contributed by atoms with Gasteiger partial charge in [-0.1, -0.05) is 0 Å². The average molecular weight is 225 g/mol. The van der Waals surface area contributed by atoms with Gasteiger partial charge in [-0.3, -0.25) is 9.80 Å². The van der Waals surface area contributed by atoms with Gasteiger partial charge in [0.25, 0.3) is 0 Å². The van der Waals surface area contributed by atoms with E-state index in [0.717, 1.165) is 0 Å². The van der Waals surface area contributed by atoms with Crippen LogP contribution in [0.2, 0.25) is 0 Å². The van der Waals surface area contributed by atoms with Gasteiger partial charge >= 0.3 is 0 Å². The maximum Gasteiger partial charge on any atom is 0.0625 e. The van der Waals surface area contributed by atoms with E-state index in [2.05, 4.69) is 35.9 Å². The molecule has 2 saturated heterocycles. The molecule has 2 unspecified atom stereocenters. The van der Waals surface area contributed by atoms with E-state index in [1.807, 2.05) is 0 Å². The van der Waals surface area contributed by atoms with Gasteiger partial charge in [-0.15, -0.1) is 0 Å². The first-order valence-corrected chi connectivity index (χ1v) is 6.91. The zero-order chi connectivity index (χ0) is 11.5. The normalized spacial score (nSPS) is 34.5. The topological polar surface area (TPSA) is 18.5 Å². The summed E-state index contributed by atoms with van der Waals surface area (Å²) in [4.78, 5) is 5.38. The van der Waals surface area contributed by atoms with Crippen LogP contribution in [0.15, 0.2) is 0 Å². The predicted octanol–water partition coefficient (Wildman–Crippen LogP) is 1.50. The Morgan fingerprint density at radius 1 is 1.19 bits per heavy atom. The second kappa shape index (κ2) is 5.48. The van der Waals surface area contributed by atoms with Crippen molar-refractivity contribution in [2.75, 3.05) is 26.2 Å². The Bertz CT molecular complexity index is 217. The van der Waals surface area contributed by atoms with Gasteiger partial charge < -0.3 is 5.32 Å². The molecule has 0 amide bonds. The lowest BCUT2D eigenvalue weighted by Crippen LogP contribution is -2.49. The first-order chi connectivity index (χ1) is 7.68. The molecule has 0 aromatic carbocycles. The largest absolute Gasteiger partial charge is 0.313 e. The first-order valence-electron chi connectivity index (χ1n) is 6.91. The van der Waals surface area contributed by atoms with Crippen molar-refractivity contribution in [2.45, 2.75) is 58.3 Å². The molecule has 0 spiro atoms. The molecule has 2 aliphatic rings. The Morgan fingerprint density at radius 3 is 2.75 bits per heavy atom. The van der Waals surface area contributed by atoms with Crippen LogP contribution in [-0.2, 0) is 0 Å². The van der Waals surface area contributed by atoms with Crippen LogP contribution in [0.3, 0.4) is 0 Å². The Morgan fingerprint density at radius 2 is 2.00 bits per heavy atom. The molecule has 0 aromatic heterocycles. The summed E-state index contributed by atoms with van der Waals surface area (Å²) in [6.07, 6.45) is 4.75. The molecule has 3 nitrogen and oxygen atoms in total. The van der Waals surface area contributed by atoms with Crippen LogP contribution < -0.4 is 5.32 Å². The van der Waals surface area contributed by atoms with E-state index in [-0.39, 0.29) is 0 Å². The highest BCUT2D eigenvalue weighted by molar-refractivity contribution is 4.85. The van der Waals surface area contributed by atoms with E-state index < -0.39 is 0 Å². The minimum atomic E-state index is 0.650. The van der Waals surface area contributed by atoms with Crippen molar-refractivity contribution < 1.29 is 0 Å². The molecular formula is C13H27N3. The standard InChI is InChI=1S/C13H27N3/c1-11(2)16-9-4-6-13(16)15-8-5-7-14-12(3)10-15/h11-14H,4-10H2,1-3H3. The smallest absolute Gasteiger partial charge is 0.0625 e. The van der Waals surface area contributed by atoms with Gasteiger partial charge in [0, 0.05) is 31.7 Å². The average Bonchev–Trinajstić information content (AvgIpc) is 2.62. The van der Waals surface area contributed by atoms with E-state index in [4.69, 9.17) is 0 Å². The van der Waals surface area contributed by atoms with Gasteiger partial charge in [-0.2, -0.15) is 0 Å². The number of nitrogens with zero attached hydrogens (tertiary/aromatic N) is 2. The van der Waals surface area contributed by atoms with E-state index in [0.29, 0.717) is 18.2 Å². The highest BCUT2D eigenvalue weighted by Crippen LogP contribution is 2.24. The summed E-state index contributed by atoms with van der Waals surface area (Å²) in [7, 11) is 0. The van der Waals surface area contributed by atoms with Crippen LogP contribution >= 0.6 is 0 Å². The molecule has 3 heteroatoms. The van der Waals surface area contributed by atoms with Crippen LogP contribution in [0.5, 0.6) is 0 Å². The first kappa shape index (κ1) is 12.3. The summed E-state index contributed by atoms with van der Waals surface area (Å²) in [5.41, 5.74) is 0. The quantitative estimate of drug-likeness (QED) is 0.768. The zero-order valence-corrected chi connectivity index (χ0v) is 11.1. The summed E-state index contributed by atoms with van der Waals surface area (Å²) < 4.78 is 0. The Balaban J connectivity index is 1.98. The molecule has 0 aliphatic carbocycles. The molecule has 0 saturated carbocycles. The maximum atomic E-state index is 3.58. The van der Waals surface area contributed by atoms with Crippen LogP contribution in [0.4, 0.5) is 0 Å². The Labute approximate surface area is 100 Å². The lowest BCUT2D eigenvalue weighted by Gasteiger charge is -2.37. The summed E-state index contributed by atoms with van der Waals surface area (Å²) >= 11 is 0. The SMILES string of the molecule is CC1CN(C2CCCN2C(C)C)CCCN1. The zero-order valence-electron chi connectivity index (χ0n) is 11.1. The van der Waals surface area contributed by atoms with Crippen molar-refractivity contribution in [2.24, 2.45) is 0 Å². The molecule has 0 radical (unpaired) electrons. The molecule has 0 aromatic rings. The van der Waals surface area contributed by atoms with Gasteiger partial charge in [0.2, 0.25) is 0 Å². The van der Waals surface area contributed by atoms with Gasteiger partial charge in [0.1, 0.15) is 0 Å². The lowest BCUT2D eigenvalue weighted by atomic mass is 10.2. The number of hydrogen-bond donors (Lipinski definition) is 1. The number of likely N-dealkylation sites (tertiary alicyclic amines) is 1. The molecule has 1 N–H and O–H groups in total. The Hall–Kier alpha value is -0.120. The minimum Gasteiger partial charge on any atom is -0.313 e. The van der Waals surface area contributed by atoms with Crippen LogP contribution in [0.25, 0.3) is 0 Å². The van der Waals surface area contributed by atoms with Gasteiger partial charge in [-0.25, -0.2) is 0 Å². The molecule has 2 rings (SSSR count). The van der Waals surface area contributed by atoms with Crippen molar-refractivity contribution in [1.29, 1.82) is 0 Å². The fourth-order valence-corrected chi connectivity index (χ4v) is 3.17. The van der Waals surface area contributed by atoms with Gasteiger partial charge in [-0.05, 0) is 46.6 Å².